The summed E-state index contributed by atoms with van der Waals surface area (Å²) in [7, 11) is 0. The van der Waals surface area contributed by atoms with Crippen LogP contribution in [0.15, 0.2) is 77.7 Å². The van der Waals surface area contributed by atoms with Gasteiger partial charge >= 0.3 is 0 Å². The second kappa shape index (κ2) is 7.50. The van der Waals surface area contributed by atoms with E-state index in [2.05, 4.69) is 120 Å². The van der Waals surface area contributed by atoms with Gasteiger partial charge in [0.05, 0.1) is 5.69 Å². The number of rotatable bonds is 4. The molecule has 1 nitrogen and oxygen atoms in total. The normalized spacial score (nSPS) is 15.9. The van der Waals surface area contributed by atoms with Crippen LogP contribution in [0, 0.1) is 0 Å². The van der Waals surface area contributed by atoms with E-state index in [1.165, 1.54) is 32.8 Å². The van der Waals surface area contributed by atoms with Gasteiger partial charge in [0.2, 0.25) is 0 Å². The molecule has 0 unspecified atom stereocenters. The molecule has 1 N–H and O–H groups in total. The lowest BCUT2D eigenvalue weighted by molar-refractivity contribution is 0.598. The fourth-order valence-electron chi connectivity index (χ4n) is 4.38. The highest BCUT2D eigenvalue weighted by molar-refractivity contribution is 7.99. The lowest BCUT2D eigenvalue weighted by Gasteiger charge is -2.40. The zero-order valence-corrected chi connectivity index (χ0v) is 19.9. The molecule has 1 aliphatic heterocycles. The van der Waals surface area contributed by atoms with Gasteiger partial charge in [-0.25, -0.2) is 0 Å². The summed E-state index contributed by atoms with van der Waals surface area (Å²) in [5.41, 5.74) is 6.67. The van der Waals surface area contributed by atoms with Crippen molar-refractivity contribution in [1.82, 2.24) is 0 Å². The molecule has 0 bridgehead atoms. The predicted octanol–water partition coefficient (Wildman–Crippen LogP) is 7.63. The highest BCUT2D eigenvalue weighted by Gasteiger charge is 2.35. The van der Waals surface area contributed by atoms with Crippen molar-refractivity contribution in [3.05, 3.63) is 95.1 Å². The smallest absolute Gasteiger partial charge is 0.0524 e. The van der Waals surface area contributed by atoms with E-state index < -0.39 is 0 Å². The molecule has 0 spiro atoms. The molecule has 1 aliphatic rings. The largest absolute Gasteiger partial charge is 0.378 e. The quantitative estimate of drug-likeness (QED) is 0.470. The van der Waals surface area contributed by atoms with Crippen LogP contribution in [0.3, 0.4) is 0 Å². The number of hydrogen-bond donors (Lipinski definition) is 1. The molecule has 3 aromatic carbocycles. The third kappa shape index (κ3) is 3.78. The van der Waals surface area contributed by atoms with Crippen LogP contribution in [-0.4, -0.2) is 11.3 Å². The molecule has 2 heteroatoms. The van der Waals surface area contributed by atoms with E-state index in [0.717, 1.165) is 5.75 Å². The van der Waals surface area contributed by atoms with Crippen molar-refractivity contribution < 1.29 is 0 Å². The first-order valence-electron chi connectivity index (χ1n) is 10.8. The zero-order valence-electron chi connectivity index (χ0n) is 19.0. The monoisotopic (exact) mass is 415 g/mol. The molecule has 30 heavy (non-hydrogen) atoms. The van der Waals surface area contributed by atoms with Crippen molar-refractivity contribution in [2.45, 2.75) is 62.8 Å². The van der Waals surface area contributed by atoms with Crippen molar-refractivity contribution in [1.29, 1.82) is 0 Å². The van der Waals surface area contributed by atoms with E-state index >= 15 is 0 Å². The molecule has 0 aliphatic carbocycles. The fourth-order valence-corrected chi connectivity index (χ4v) is 5.48. The van der Waals surface area contributed by atoms with Crippen LogP contribution in [0.1, 0.15) is 63.8 Å². The van der Waals surface area contributed by atoms with Gasteiger partial charge in [-0.15, -0.1) is 11.8 Å². The van der Waals surface area contributed by atoms with Gasteiger partial charge in [0, 0.05) is 27.0 Å². The lowest BCUT2D eigenvalue weighted by atomic mass is 9.72. The third-order valence-corrected chi connectivity index (χ3v) is 8.04. The van der Waals surface area contributed by atoms with Crippen molar-refractivity contribution in [2.75, 3.05) is 11.1 Å². The van der Waals surface area contributed by atoms with Gasteiger partial charge in [0.1, 0.15) is 0 Å². The summed E-state index contributed by atoms with van der Waals surface area (Å²) in [4.78, 5) is 1.37. The molecule has 1 heterocycles. The van der Waals surface area contributed by atoms with Gasteiger partial charge in [0.25, 0.3) is 0 Å². The minimum absolute atomic E-state index is 0.0642. The number of fused-ring (bicyclic) bond motifs is 1. The molecule has 0 fully saturated rings. The van der Waals surface area contributed by atoms with Crippen LogP contribution in [0.25, 0.3) is 0 Å². The minimum atomic E-state index is -0.102. The Morgan fingerprint density at radius 3 is 1.83 bits per heavy atom. The summed E-state index contributed by atoms with van der Waals surface area (Å²) < 4.78 is 0. The van der Waals surface area contributed by atoms with Gasteiger partial charge in [-0.1, -0.05) is 94.4 Å². The van der Waals surface area contributed by atoms with Crippen LogP contribution in [0.4, 0.5) is 5.69 Å². The average Bonchev–Trinajstić information content (AvgIpc) is 2.73. The molecule has 0 radical (unpaired) electrons. The van der Waals surface area contributed by atoms with Crippen LogP contribution in [0.5, 0.6) is 0 Å². The highest BCUT2D eigenvalue weighted by atomic mass is 32.2. The Kier molecular flexibility index (Phi) is 5.26. The predicted molar refractivity (Wildman–Crippen MR) is 132 cm³/mol. The van der Waals surface area contributed by atoms with Crippen LogP contribution < -0.4 is 5.32 Å². The second-order valence-electron chi connectivity index (χ2n) is 10.2. The summed E-state index contributed by atoms with van der Waals surface area (Å²) in [6.45, 7) is 14.0. The van der Waals surface area contributed by atoms with E-state index in [1.54, 1.807) is 0 Å². The van der Waals surface area contributed by atoms with Crippen LogP contribution in [0.2, 0.25) is 0 Å². The fraction of sp³-hybridized carbons (Fsp3) is 0.357. The lowest BCUT2D eigenvalue weighted by Crippen LogP contribution is -2.38. The van der Waals surface area contributed by atoms with Gasteiger partial charge in [0.15, 0.2) is 0 Å². The number of thioether (sulfide) groups is 1. The molecule has 0 amide bonds. The van der Waals surface area contributed by atoms with E-state index in [-0.39, 0.29) is 16.4 Å². The standard InChI is InChI=1S/C28H33NS/c1-26(2)19-30-24-18-22(27(3,4)20-13-9-7-10-14-20)17-23(25(24)29-26)28(5,6)21-15-11-8-12-16-21/h7-18,29H,19H2,1-6H3. The Hall–Kier alpha value is -2.19. The number of anilines is 1. The van der Waals surface area contributed by atoms with Crippen molar-refractivity contribution >= 4 is 17.4 Å². The molecular weight excluding hydrogens is 382 g/mol. The maximum absolute atomic E-state index is 3.88. The average molecular weight is 416 g/mol. The molecule has 0 atom stereocenters. The summed E-state index contributed by atoms with van der Waals surface area (Å²) in [6.07, 6.45) is 0. The molecule has 0 saturated heterocycles. The van der Waals surface area contributed by atoms with E-state index in [0.29, 0.717) is 0 Å². The maximum Gasteiger partial charge on any atom is 0.0524 e. The second-order valence-corrected chi connectivity index (χ2v) is 11.2. The molecular formula is C28H33NS. The summed E-state index contributed by atoms with van der Waals surface area (Å²) in [6, 6.07) is 26.6. The van der Waals surface area contributed by atoms with Crippen molar-refractivity contribution in [2.24, 2.45) is 0 Å². The molecule has 3 aromatic rings. The molecule has 0 aromatic heterocycles. The molecule has 4 rings (SSSR count). The highest BCUT2D eigenvalue weighted by Crippen LogP contribution is 2.48. The Morgan fingerprint density at radius 2 is 1.27 bits per heavy atom. The minimum Gasteiger partial charge on any atom is -0.378 e. The molecule has 0 saturated carbocycles. The Morgan fingerprint density at radius 1 is 0.733 bits per heavy atom. The van der Waals surface area contributed by atoms with Gasteiger partial charge in [-0.3, -0.25) is 0 Å². The number of nitrogens with one attached hydrogen (secondary N) is 1. The SMILES string of the molecule is CC1(C)CSc2cc(C(C)(C)c3ccccc3)cc(C(C)(C)c3ccccc3)c2N1. The van der Waals surface area contributed by atoms with Gasteiger partial charge < -0.3 is 5.32 Å². The van der Waals surface area contributed by atoms with Crippen LogP contribution in [-0.2, 0) is 10.8 Å². The maximum atomic E-state index is 3.88. The Bertz CT molecular complexity index is 1030. The molecule has 156 valence electrons. The van der Waals surface area contributed by atoms with Gasteiger partial charge in [-0.2, -0.15) is 0 Å². The van der Waals surface area contributed by atoms with E-state index in [9.17, 15) is 0 Å². The summed E-state index contributed by atoms with van der Waals surface area (Å²) in [5, 5.41) is 3.88. The topological polar surface area (TPSA) is 12.0 Å². The summed E-state index contributed by atoms with van der Waals surface area (Å²) >= 11 is 1.98. The first-order chi connectivity index (χ1) is 14.1. The van der Waals surface area contributed by atoms with E-state index in [4.69, 9.17) is 0 Å². The number of benzene rings is 3. The first-order valence-corrected chi connectivity index (χ1v) is 11.8. The van der Waals surface area contributed by atoms with Gasteiger partial charge in [-0.05, 0) is 42.2 Å². The van der Waals surface area contributed by atoms with Crippen molar-refractivity contribution in [3.63, 3.8) is 0 Å². The zero-order chi connectivity index (χ0) is 21.6. The third-order valence-electron chi connectivity index (χ3n) is 6.54. The number of hydrogen-bond acceptors (Lipinski definition) is 2. The first kappa shape index (κ1) is 21.1. The Labute approximate surface area is 186 Å². The van der Waals surface area contributed by atoms with E-state index in [1.807, 2.05) is 11.8 Å². The van der Waals surface area contributed by atoms with Crippen LogP contribution >= 0.6 is 11.8 Å². The summed E-state index contributed by atoms with van der Waals surface area (Å²) in [5.74, 6) is 1.07. The Balaban J connectivity index is 1.93. The van der Waals surface area contributed by atoms with Crippen molar-refractivity contribution in [3.8, 4) is 0 Å².